The number of carbonyl (C=O) groups is 2. The fourth-order valence-electron chi connectivity index (χ4n) is 7.06. The fraction of sp³-hybridized carbons (Fsp3) is 0. The second kappa shape index (κ2) is 23.8. The summed E-state index contributed by atoms with van der Waals surface area (Å²) in [5, 5.41) is 105. The van der Waals surface area contributed by atoms with Gasteiger partial charge in [0.25, 0.3) is 46.2 Å². The molecule has 0 aliphatic rings. The maximum absolute atomic E-state index is 13.1. The first-order chi connectivity index (χ1) is 38.3. The number of fused-ring (bicyclic) bond motifs is 2. The van der Waals surface area contributed by atoms with Crippen molar-refractivity contribution in [1.29, 1.82) is 0 Å². The zero-order valence-corrected chi connectivity index (χ0v) is 44.0. The molecular formula is C40H26N10O26S6. The number of rotatable bonds is 21. The van der Waals surface area contributed by atoms with Gasteiger partial charge >= 0.3 is 11.9 Å². The predicted molar refractivity (Wildman–Crippen MR) is 273 cm³/mol. The standard InChI is InChI=1S/C40H26N10O26S6/c41-33-26(14-29(79(61,62)63)22-12-28(78-76-74-60)34(37(52)32(22)33)48-45-24-5-2-19(50(57)58)11-30(24)80(64,65)66)47-46-25-6-3-20-21(38(25)82(70,71)72)13-31(81(67,68)69)35(36(20)51)49-44-23-4-1-17(10-27(23)77-75-73-59)42-43-18-8-15(39(53)54)7-16(9-18)40(55)56/h1-14,51-52,59-60H,41H2,(H,53,54)(H,55,56)(H,61,62,63)(H,64,65,66)(H,67,68,69)(H,70,71,72). The van der Waals surface area contributed by atoms with Crippen molar-refractivity contribution in [2.75, 3.05) is 5.73 Å². The highest BCUT2D eigenvalue weighted by Crippen LogP contribution is 2.51. The van der Waals surface area contributed by atoms with Gasteiger partial charge in [-0.3, -0.25) is 28.3 Å². The van der Waals surface area contributed by atoms with Gasteiger partial charge in [0.15, 0.2) is 11.5 Å². The van der Waals surface area contributed by atoms with Crippen molar-refractivity contribution in [2.45, 2.75) is 29.4 Å². The van der Waals surface area contributed by atoms with Gasteiger partial charge in [0.1, 0.15) is 53.7 Å². The van der Waals surface area contributed by atoms with Crippen molar-refractivity contribution < 1.29 is 116 Å². The summed E-state index contributed by atoms with van der Waals surface area (Å²) in [6.45, 7) is 0. The van der Waals surface area contributed by atoms with E-state index in [2.05, 4.69) is 59.7 Å². The summed E-state index contributed by atoms with van der Waals surface area (Å²) in [5.41, 5.74) is -1.47. The van der Waals surface area contributed by atoms with Crippen molar-refractivity contribution >= 4 is 155 Å². The largest absolute Gasteiger partial charge is 0.505 e. The second-order valence-corrected chi connectivity index (χ2v) is 22.5. The number of nitrogens with zero attached hydrogens (tertiary/aromatic N) is 9. The summed E-state index contributed by atoms with van der Waals surface area (Å²) < 4.78 is 152. The van der Waals surface area contributed by atoms with Crippen LogP contribution in [0, 0.1) is 10.1 Å². The van der Waals surface area contributed by atoms with E-state index >= 15 is 0 Å². The topological polar surface area (TPSA) is 578 Å². The summed E-state index contributed by atoms with van der Waals surface area (Å²) in [6.07, 6.45) is 0. The van der Waals surface area contributed by atoms with E-state index < -0.39 is 166 Å². The zero-order valence-electron chi connectivity index (χ0n) is 39.1. The van der Waals surface area contributed by atoms with Crippen LogP contribution < -0.4 is 5.73 Å². The third kappa shape index (κ3) is 13.4. The molecule has 42 heteroatoms. The van der Waals surface area contributed by atoms with Crippen LogP contribution in [-0.2, 0) is 59.2 Å². The van der Waals surface area contributed by atoms with E-state index in [1.54, 1.807) is 0 Å². The Morgan fingerprint density at radius 3 is 1.62 bits per heavy atom. The number of carboxylic acids is 2. The smallest absolute Gasteiger partial charge is 0.335 e. The van der Waals surface area contributed by atoms with Gasteiger partial charge in [-0.25, -0.2) is 20.1 Å². The van der Waals surface area contributed by atoms with Crippen LogP contribution in [0.3, 0.4) is 0 Å². The number of aromatic hydroxyl groups is 2. The number of azo groups is 4. The molecule has 7 aromatic carbocycles. The molecule has 82 heavy (non-hydrogen) atoms. The van der Waals surface area contributed by atoms with Gasteiger partial charge < -0.3 is 26.2 Å². The molecule has 0 amide bonds. The van der Waals surface area contributed by atoms with Crippen LogP contribution in [0.5, 0.6) is 11.5 Å². The molecule has 7 rings (SSSR count). The monoisotopic (exact) mass is 1250 g/mol. The molecule has 0 aliphatic carbocycles. The normalized spacial score (nSPS) is 12.7. The number of carboxylic acid groups (broad SMARTS) is 2. The van der Waals surface area contributed by atoms with Crippen LogP contribution in [0.2, 0.25) is 0 Å². The van der Waals surface area contributed by atoms with Crippen LogP contribution in [0.1, 0.15) is 20.7 Å². The van der Waals surface area contributed by atoms with Crippen LogP contribution >= 0.6 is 24.1 Å². The molecule has 428 valence electrons. The molecule has 7 aromatic rings. The molecule has 0 aliphatic heterocycles. The lowest BCUT2D eigenvalue weighted by atomic mass is 10.0. The van der Waals surface area contributed by atoms with Crippen LogP contribution in [0.4, 0.5) is 56.9 Å². The number of nitro benzene ring substituents is 1. The molecule has 0 atom stereocenters. The molecule has 0 saturated heterocycles. The number of hydrogen-bond donors (Lipinski definition) is 11. The fourth-order valence-corrected chi connectivity index (χ4v) is 10.8. The maximum Gasteiger partial charge on any atom is 0.335 e. The van der Waals surface area contributed by atoms with Crippen LogP contribution in [0.25, 0.3) is 21.5 Å². The molecule has 0 radical (unpaired) electrons. The number of nitrogens with two attached hydrogens (primary N) is 1. The highest BCUT2D eigenvalue weighted by molar-refractivity contribution is 7.95. The Bertz CT molecular complexity index is 4440. The average molecular weight is 1260 g/mol. The second-order valence-electron chi connectivity index (χ2n) is 15.5. The molecular weight excluding hydrogens is 1230 g/mol. The van der Waals surface area contributed by atoms with E-state index in [9.17, 15) is 92.0 Å². The Morgan fingerprint density at radius 2 is 1.05 bits per heavy atom. The first kappa shape index (κ1) is 60.9. The summed E-state index contributed by atoms with van der Waals surface area (Å²) in [5.74, 6) is -5.45. The quantitative estimate of drug-likeness (QED) is 0.00606. The Kier molecular flexibility index (Phi) is 17.7. The van der Waals surface area contributed by atoms with Gasteiger partial charge in [0.2, 0.25) is 0 Å². The minimum atomic E-state index is -5.69. The van der Waals surface area contributed by atoms with Crippen LogP contribution in [-0.4, -0.2) is 99.7 Å². The molecule has 12 N–H and O–H groups in total. The lowest BCUT2D eigenvalue weighted by Gasteiger charge is -2.15. The number of non-ortho nitro benzene ring substituents is 1. The van der Waals surface area contributed by atoms with Gasteiger partial charge in [-0.2, -0.15) is 43.9 Å². The molecule has 0 fully saturated rings. The molecule has 0 unspecified atom stereocenters. The Balaban J connectivity index is 1.36. The molecule has 0 heterocycles. The minimum absolute atomic E-state index is 0.0315. The van der Waals surface area contributed by atoms with E-state index in [4.69, 9.17) is 16.2 Å². The first-order valence-electron chi connectivity index (χ1n) is 20.7. The molecule has 0 aromatic heterocycles. The Labute approximate surface area is 462 Å². The number of phenolic OH excluding ortho intramolecular Hbond substituents is 2. The number of phenols is 2. The minimum Gasteiger partial charge on any atom is -0.505 e. The van der Waals surface area contributed by atoms with E-state index in [1.165, 1.54) is 6.07 Å². The average Bonchev–Trinajstić information content (AvgIpc) is 1.33. The van der Waals surface area contributed by atoms with Gasteiger partial charge in [-0.05, 0) is 72.8 Å². The number of nitro groups is 1. The number of anilines is 1. The van der Waals surface area contributed by atoms with Gasteiger partial charge in [0.05, 0.1) is 72.4 Å². The van der Waals surface area contributed by atoms with Gasteiger partial charge in [-0.15, -0.1) is 39.4 Å². The van der Waals surface area contributed by atoms with E-state index in [0.717, 1.165) is 54.6 Å². The van der Waals surface area contributed by atoms with E-state index in [1.807, 2.05) is 0 Å². The van der Waals surface area contributed by atoms with Crippen molar-refractivity contribution in [3.8, 4) is 11.5 Å². The van der Waals surface area contributed by atoms with Gasteiger partial charge in [0, 0.05) is 28.3 Å². The van der Waals surface area contributed by atoms with E-state index in [-0.39, 0.29) is 46.0 Å². The lowest BCUT2D eigenvalue weighted by Crippen LogP contribution is -2.03. The third-order valence-electron chi connectivity index (χ3n) is 10.5. The van der Waals surface area contributed by atoms with Crippen molar-refractivity contribution in [3.05, 3.63) is 106 Å². The van der Waals surface area contributed by atoms with Crippen molar-refractivity contribution in [3.63, 3.8) is 0 Å². The summed E-state index contributed by atoms with van der Waals surface area (Å²) in [7, 11) is -22.1. The molecule has 0 saturated carbocycles. The maximum atomic E-state index is 13.1. The number of nitrogen functional groups attached to an aromatic ring is 1. The lowest BCUT2D eigenvalue weighted by molar-refractivity contribution is -0.432. The molecule has 36 nitrogen and oxygen atoms in total. The summed E-state index contributed by atoms with van der Waals surface area (Å²) >= 11 is 0.181. The van der Waals surface area contributed by atoms with Crippen molar-refractivity contribution in [2.24, 2.45) is 40.9 Å². The highest BCUT2D eigenvalue weighted by atomic mass is 32.2. The highest BCUT2D eigenvalue weighted by Gasteiger charge is 2.30. The first-order valence-corrected chi connectivity index (χ1v) is 27.9. The third-order valence-corrected chi connectivity index (χ3v) is 15.3. The Morgan fingerprint density at radius 1 is 0.512 bits per heavy atom. The summed E-state index contributed by atoms with van der Waals surface area (Å²) in [6, 6.07) is 11.3. The van der Waals surface area contributed by atoms with E-state index in [0.29, 0.717) is 24.3 Å². The van der Waals surface area contributed by atoms with Crippen molar-refractivity contribution in [1.82, 2.24) is 0 Å². The molecule has 0 spiro atoms. The predicted octanol–water partition coefficient (Wildman–Crippen LogP) is 9.80. The number of hydrogen-bond acceptors (Lipinski definition) is 31. The SMILES string of the molecule is Nc1c(N=Nc2ccc3c(O)c(N=Nc4ccc(N=Nc5cc(C(=O)O)cc(C(=O)O)c5)cc4SOOO)c(S(=O)(=O)O)cc3c2S(=O)(=O)O)cc(S(=O)(=O)O)c2cc(SOOO)c(N=Nc3ccc([N+](=O)[O-])cc3S(=O)(=O)O)c(O)c12. The summed E-state index contributed by atoms with van der Waals surface area (Å²) in [4.78, 5) is 27.5. The number of benzene rings is 7. The number of aromatic carboxylic acids is 2. The Hall–Kier alpha value is -8.70. The van der Waals surface area contributed by atoms with Crippen LogP contribution in [0.15, 0.2) is 155 Å². The zero-order chi connectivity index (χ0) is 60.4. The van der Waals surface area contributed by atoms with Gasteiger partial charge in [-0.1, -0.05) is 10.1 Å². The molecule has 0 bridgehead atoms.